The van der Waals surface area contributed by atoms with Gasteiger partial charge in [0.15, 0.2) is 0 Å². The number of carbonyl (C=O) groups excluding carboxylic acids is 5. The molecule has 37 heavy (non-hydrogen) atoms. The second kappa shape index (κ2) is 16.1. The first-order valence-corrected chi connectivity index (χ1v) is 12.2. The Labute approximate surface area is 215 Å². The van der Waals surface area contributed by atoms with Crippen molar-refractivity contribution in [1.82, 2.24) is 26.2 Å². The van der Waals surface area contributed by atoms with Crippen LogP contribution in [0.2, 0.25) is 0 Å². The lowest BCUT2D eigenvalue weighted by atomic mass is 10.0. The highest BCUT2D eigenvalue weighted by Crippen LogP contribution is 2.09. The fraction of sp³-hybridized carbons (Fsp3) is 0.773. The number of hydrogen-bond acceptors (Lipinski definition) is 10. The largest absolute Gasteiger partial charge is 0.394 e. The van der Waals surface area contributed by atoms with Crippen LogP contribution in [-0.2, 0) is 24.0 Å². The maximum absolute atomic E-state index is 12.9. The average Bonchev–Trinajstić information content (AvgIpc) is 2.84. The number of aliphatic hydroxyl groups excluding tert-OH is 3. The molecule has 1 saturated heterocycles. The van der Waals surface area contributed by atoms with Crippen LogP contribution >= 0.6 is 0 Å². The van der Waals surface area contributed by atoms with Crippen LogP contribution in [0.25, 0.3) is 0 Å². The first-order chi connectivity index (χ1) is 17.4. The van der Waals surface area contributed by atoms with Gasteiger partial charge >= 0.3 is 0 Å². The van der Waals surface area contributed by atoms with Crippen LogP contribution in [0.3, 0.4) is 0 Å². The number of primary amides is 1. The standard InChI is InChI=1S/C22H41N7O8/c1-12(32)18-21(36)27-13(10-30)9-26-15(20(35)28-16(11-31)19(24)34)5-3-4-8-25-17(33)7-6-14(23)22(37)29(18)2/h12-16,18,26,30-32H,3-11,23H2,1-2H3,(H2,24,34)(H,25,33)(H,27,36)(H,28,35)/t12?,13-,14+,15+,16+,18+/m1/s1. The van der Waals surface area contributed by atoms with Gasteiger partial charge in [-0.05, 0) is 32.6 Å². The van der Waals surface area contributed by atoms with Crippen LogP contribution in [0.15, 0.2) is 0 Å². The van der Waals surface area contributed by atoms with Crippen molar-refractivity contribution in [3.63, 3.8) is 0 Å². The molecule has 6 atom stereocenters. The zero-order valence-electron chi connectivity index (χ0n) is 21.3. The Balaban J connectivity index is 3.11. The summed E-state index contributed by atoms with van der Waals surface area (Å²) in [4.78, 5) is 63.0. The lowest BCUT2D eigenvalue weighted by Gasteiger charge is -2.32. The van der Waals surface area contributed by atoms with Gasteiger partial charge in [-0.2, -0.15) is 0 Å². The van der Waals surface area contributed by atoms with Crippen molar-refractivity contribution >= 4 is 29.5 Å². The first-order valence-electron chi connectivity index (χ1n) is 12.2. The second-order valence-electron chi connectivity index (χ2n) is 9.12. The predicted molar refractivity (Wildman–Crippen MR) is 131 cm³/mol. The molecule has 0 spiro atoms. The van der Waals surface area contributed by atoms with Crippen LogP contribution in [0.4, 0.5) is 0 Å². The number of amides is 5. The van der Waals surface area contributed by atoms with Gasteiger partial charge in [0, 0.05) is 26.6 Å². The number of nitrogens with zero attached hydrogens (tertiary/aromatic N) is 1. The summed E-state index contributed by atoms with van der Waals surface area (Å²) in [7, 11) is 1.31. The van der Waals surface area contributed by atoms with Gasteiger partial charge in [0.25, 0.3) is 0 Å². The predicted octanol–water partition coefficient (Wildman–Crippen LogP) is -5.00. The maximum atomic E-state index is 12.9. The summed E-state index contributed by atoms with van der Waals surface area (Å²) in [6.07, 6.45) is -0.0232. The van der Waals surface area contributed by atoms with Gasteiger partial charge in [0.2, 0.25) is 29.5 Å². The molecule has 5 amide bonds. The van der Waals surface area contributed by atoms with E-state index in [1.807, 2.05) is 0 Å². The third kappa shape index (κ3) is 10.6. The molecule has 0 radical (unpaired) electrons. The van der Waals surface area contributed by atoms with Crippen LogP contribution in [0.5, 0.6) is 0 Å². The molecular formula is C22H41N7O8. The number of nitrogens with one attached hydrogen (secondary N) is 4. The molecule has 1 rings (SSSR count). The third-order valence-electron chi connectivity index (χ3n) is 6.07. The van der Waals surface area contributed by atoms with Gasteiger partial charge in [-0.3, -0.25) is 24.0 Å². The first kappa shape index (κ1) is 32.2. The van der Waals surface area contributed by atoms with Crippen molar-refractivity contribution in [1.29, 1.82) is 0 Å². The summed E-state index contributed by atoms with van der Waals surface area (Å²) >= 11 is 0. The molecule has 0 aliphatic carbocycles. The summed E-state index contributed by atoms with van der Waals surface area (Å²) in [5.74, 6) is -3.25. The minimum atomic E-state index is -1.33. The number of rotatable bonds is 6. The number of carbonyl (C=O) groups is 5. The Morgan fingerprint density at radius 3 is 2.43 bits per heavy atom. The minimum absolute atomic E-state index is 0.0267. The van der Waals surface area contributed by atoms with E-state index in [1.54, 1.807) is 0 Å². The van der Waals surface area contributed by atoms with Crippen molar-refractivity contribution in [2.45, 2.75) is 75.3 Å². The molecule has 15 heteroatoms. The molecule has 15 nitrogen and oxygen atoms in total. The lowest BCUT2D eigenvalue weighted by molar-refractivity contribution is -0.144. The van der Waals surface area contributed by atoms with Gasteiger partial charge in [-0.15, -0.1) is 0 Å². The molecule has 212 valence electrons. The zero-order valence-corrected chi connectivity index (χ0v) is 21.3. The van der Waals surface area contributed by atoms with Crippen LogP contribution < -0.4 is 32.7 Å². The molecule has 0 aromatic rings. The minimum Gasteiger partial charge on any atom is -0.394 e. The third-order valence-corrected chi connectivity index (χ3v) is 6.07. The van der Waals surface area contributed by atoms with Crippen molar-refractivity contribution < 1.29 is 39.3 Å². The van der Waals surface area contributed by atoms with Gasteiger partial charge in [0.1, 0.15) is 12.1 Å². The Bertz CT molecular complexity index is 797. The van der Waals surface area contributed by atoms with E-state index in [0.29, 0.717) is 19.4 Å². The summed E-state index contributed by atoms with van der Waals surface area (Å²) in [6, 6.07) is -5.48. The highest BCUT2D eigenvalue weighted by Gasteiger charge is 2.34. The van der Waals surface area contributed by atoms with E-state index in [-0.39, 0.29) is 31.7 Å². The van der Waals surface area contributed by atoms with Gasteiger partial charge < -0.3 is 53.0 Å². The summed E-state index contributed by atoms with van der Waals surface area (Å²) in [6.45, 7) is 0.342. The fourth-order valence-corrected chi connectivity index (χ4v) is 3.85. The second-order valence-corrected chi connectivity index (χ2v) is 9.12. The molecule has 1 fully saturated rings. The van der Waals surface area contributed by atoms with Crippen molar-refractivity contribution in [2.75, 3.05) is 33.4 Å². The molecule has 1 unspecified atom stereocenters. The van der Waals surface area contributed by atoms with E-state index in [1.165, 1.54) is 14.0 Å². The summed E-state index contributed by atoms with van der Waals surface area (Å²) in [5.41, 5.74) is 11.1. The highest BCUT2D eigenvalue weighted by molar-refractivity contribution is 5.91. The van der Waals surface area contributed by atoms with Gasteiger partial charge in [-0.25, -0.2) is 0 Å². The highest BCUT2D eigenvalue weighted by atomic mass is 16.3. The van der Waals surface area contributed by atoms with E-state index in [4.69, 9.17) is 11.5 Å². The summed E-state index contributed by atoms with van der Waals surface area (Å²) in [5, 5.41) is 39.8. The smallest absolute Gasteiger partial charge is 0.245 e. The van der Waals surface area contributed by atoms with Gasteiger partial charge in [0.05, 0.1) is 37.4 Å². The zero-order chi connectivity index (χ0) is 28.1. The normalized spacial score (nSPS) is 27.2. The Morgan fingerprint density at radius 2 is 1.86 bits per heavy atom. The molecule has 1 heterocycles. The van der Waals surface area contributed by atoms with Crippen LogP contribution in [0, 0.1) is 0 Å². The molecule has 1 aliphatic heterocycles. The van der Waals surface area contributed by atoms with Crippen molar-refractivity contribution in [3.05, 3.63) is 0 Å². The van der Waals surface area contributed by atoms with E-state index >= 15 is 0 Å². The molecular weight excluding hydrogens is 490 g/mol. The topological polar surface area (TPSA) is 249 Å². The Morgan fingerprint density at radius 1 is 1.19 bits per heavy atom. The van der Waals surface area contributed by atoms with E-state index in [0.717, 1.165) is 4.90 Å². The number of likely N-dealkylation sites (N-methyl/N-ethyl adjacent to an activating group) is 1. The van der Waals surface area contributed by atoms with Crippen LogP contribution in [0.1, 0.15) is 39.0 Å². The average molecular weight is 532 g/mol. The van der Waals surface area contributed by atoms with E-state index < -0.39 is 73.2 Å². The van der Waals surface area contributed by atoms with Gasteiger partial charge in [-0.1, -0.05) is 0 Å². The monoisotopic (exact) mass is 531 g/mol. The maximum Gasteiger partial charge on any atom is 0.245 e. The Kier molecular flexibility index (Phi) is 14.0. The summed E-state index contributed by atoms with van der Waals surface area (Å²) < 4.78 is 0. The molecule has 0 bridgehead atoms. The van der Waals surface area contributed by atoms with Crippen LogP contribution in [-0.4, -0.2) is 119 Å². The molecule has 0 aromatic carbocycles. The number of nitrogens with two attached hydrogens (primary N) is 2. The van der Waals surface area contributed by atoms with E-state index in [2.05, 4.69) is 21.3 Å². The Hall–Kier alpha value is -2.85. The number of aliphatic hydroxyl groups is 3. The van der Waals surface area contributed by atoms with Crippen molar-refractivity contribution in [3.8, 4) is 0 Å². The molecule has 0 aromatic heterocycles. The molecule has 0 saturated carbocycles. The fourth-order valence-electron chi connectivity index (χ4n) is 3.85. The van der Waals surface area contributed by atoms with Crippen molar-refractivity contribution in [2.24, 2.45) is 11.5 Å². The SMILES string of the molecule is CC(O)[C@H]1C(=O)N[C@@H](CO)CN[C@H](C(=O)N[C@@H](CO)C(N)=O)CCCCNC(=O)CC[C@H](N)C(=O)N1C. The molecule has 11 N–H and O–H groups in total. The lowest BCUT2D eigenvalue weighted by Crippen LogP contribution is -2.60. The van der Waals surface area contributed by atoms with E-state index in [9.17, 15) is 39.3 Å². The molecule has 1 aliphatic rings. The quantitative estimate of drug-likeness (QED) is 0.158. The number of hydrogen-bond donors (Lipinski definition) is 9.